The number of carbonyl (C=O) groups is 2. The third-order valence-electron chi connectivity index (χ3n) is 6.32. The second-order valence-electron chi connectivity index (χ2n) is 8.31. The molecule has 8 heteroatoms. The van der Waals surface area contributed by atoms with Gasteiger partial charge in [-0.1, -0.05) is 24.3 Å². The van der Waals surface area contributed by atoms with Crippen LogP contribution in [0.3, 0.4) is 0 Å². The second kappa shape index (κ2) is 7.84. The van der Waals surface area contributed by atoms with E-state index in [1.807, 2.05) is 36.4 Å². The van der Waals surface area contributed by atoms with Gasteiger partial charge in [-0.2, -0.15) is 0 Å². The van der Waals surface area contributed by atoms with Crippen LogP contribution in [0.2, 0.25) is 0 Å². The third-order valence-corrected chi connectivity index (χ3v) is 6.32. The molecule has 5 aromatic rings. The van der Waals surface area contributed by atoms with Gasteiger partial charge >= 0.3 is 0 Å². The Morgan fingerprint density at radius 3 is 2.24 bits per heavy atom. The first-order chi connectivity index (χ1) is 16.6. The minimum atomic E-state index is -0.214. The first-order valence-electron chi connectivity index (χ1n) is 11.1. The van der Waals surface area contributed by atoms with E-state index in [2.05, 4.69) is 0 Å². The second-order valence-corrected chi connectivity index (χ2v) is 8.31. The van der Waals surface area contributed by atoms with Crippen LogP contribution in [0.5, 0.6) is 0 Å². The van der Waals surface area contributed by atoms with Crippen molar-refractivity contribution in [3.8, 4) is 0 Å². The zero-order valence-electron chi connectivity index (χ0n) is 18.2. The van der Waals surface area contributed by atoms with E-state index in [-0.39, 0.29) is 23.1 Å². The topological polar surface area (TPSA) is 88.1 Å². The molecular formula is C26H20N4O4. The van der Waals surface area contributed by atoms with E-state index in [4.69, 9.17) is 9.40 Å². The molecule has 168 valence electrons. The van der Waals surface area contributed by atoms with Crippen molar-refractivity contribution in [2.45, 2.75) is 0 Å². The Labute approximate surface area is 193 Å². The molecule has 1 fully saturated rings. The molecule has 1 aliphatic heterocycles. The maximum atomic E-state index is 13.4. The Bertz CT molecular complexity index is 1630. The average Bonchev–Trinajstić information content (AvgIpc) is 3.42. The molecule has 6 rings (SSSR count). The van der Waals surface area contributed by atoms with Crippen LogP contribution in [0.1, 0.15) is 20.9 Å². The van der Waals surface area contributed by atoms with Crippen molar-refractivity contribution in [3.05, 3.63) is 94.8 Å². The van der Waals surface area contributed by atoms with Gasteiger partial charge in [0.05, 0.1) is 22.7 Å². The summed E-state index contributed by atoms with van der Waals surface area (Å²) in [5.74, 6) is -0.110. The minimum absolute atomic E-state index is 0.186. The Morgan fingerprint density at radius 1 is 0.824 bits per heavy atom. The first-order valence-corrected chi connectivity index (χ1v) is 11.1. The van der Waals surface area contributed by atoms with E-state index in [1.165, 1.54) is 10.7 Å². The van der Waals surface area contributed by atoms with Crippen LogP contribution in [-0.2, 0) is 0 Å². The summed E-state index contributed by atoms with van der Waals surface area (Å²) in [5, 5.41) is 2.45. The molecule has 0 atom stereocenters. The van der Waals surface area contributed by atoms with Crippen LogP contribution < -0.4 is 5.56 Å². The normalized spacial score (nSPS) is 14.2. The Morgan fingerprint density at radius 2 is 1.53 bits per heavy atom. The van der Waals surface area contributed by atoms with Crippen LogP contribution >= 0.6 is 0 Å². The number of nitrogens with zero attached hydrogens (tertiary/aromatic N) is 4. The molecule has 2 aromatic carbocycles. The van der Waals surface area contributed by atoms with Gasteiger partial charge in [-0.25, -0.2) is 4.98 Å². The van der Waals surface area contributed by atoms with Crippen molar-refractivity contribution in [3.63, 3.8) is 0 Å². The molecule has 0 aliphatic carbocycles. The highest BCUT2D eigenvalue weighted by molar-refractivity contribution is 6.02. The fourth-order valence-corrected chi connectivity index (χ4v) is 4.52. The van der Waals surface area contributed by atoms with Crippen LogP contribution in [0, 0.1) is 0 Å². The fraction of sp³-hybridized carbons (Fsp3) is 0.154. The predicted octanol–water partition coefficient (Wildman–Crippen LogP) is 3.19. The number of hydrogen-bond donors (Lipinski definition) is 0. The van der Waals surface area contributed by atoms with E-state index in [1.54, 1.807) is 40.3 Å². The Kier molecular flexibility index (Phi) is 4.65. The molecule has 4 heterocycles. The smallest absolute Gasteiger partial charge is 0.289 e. The Hall–Kier alpha value is -4.46. The van der Waals surface area contributed by atoms with E-state index in [0.29, 0.717) is 48.3 Å². The molecule has 1 aliphatic rings. The van der Waals surface area contributed by atoms with Crippen molar-refractivity contribution in [1.29, 1.82) is 0 Å². The molecule has 0 unspecified atom stereocenters. The Balaban J connectivity index is 1.34. The average molecular weight is 452 g/mol. The summed E-state index contributed by atoms with van der Waals surface area (Å²) in [4.78, 5) is 47.3. The zero-order valence-corrected chi connectivity index (χ0v) is 18.2. The summed E-state index contributed by atoms with van der Waals surface area (Å²) < 4.78 is 6.63. The molecule has 8 nitrogen and oxygen atoms in total. The van der Waals surface area contributed by atoms with E-state index in [0.717, 1.165) is 10.8 Å². The van der Waals surface area contributed by atoms with Gasteiger partial charge in [0.2, 0.25) is 0 Å². The number of fused-ring (bicyclic) bond motifs is 3. The lowest BCUT2D eigenvalue weighted by Gasteiger charge is -2.34. The molecule has 1 saturated heterocycles. The number of hydrogen-bond acceptors (Lipinski definition) is 5. The molecule has 3 aromatic heterocycles. The number of piperazine rings is 1. The lowest BCUT2D eigenvalue weighted by molar-refractivity contribution is 0.0518. The van der Waals surface area contributed by atoms with Gasteiger partial charge in [0, 0.05) is 32.4 Å². The lowest BCUT2D eigenvalue weighted by atomic mass is 10.1. The highest BCUT2D eigenvalue weighted by Gasteiger charge is 2.28. The molecule has 0 N–H and O–H groups in total. The molecule has 0 radical (unpaired) electrons. The number of amides is 2. The first kappa shape index (κ1) is 20.2. The highest BCUT2D eigenvalue weighted by Crippen LogP contribution is 2.21. The lowest BCUT2D eigenvalue weighted by Crippen LogP contribution is -2.50. The van der Waals surface area contributed by atoms with Gasteiger partial charge < -0.3 is 14.2 Å². The number of rotatable bonds is 2. The monoisotopic (exact) mass is 452 g/mol. The zero-order chi connectivity index (χ0) is 23.2. The van der Waals surface area contributed by atoms with Crippen LogP contribution in [0.4, 0.5) is 0 Å². The van der Waals surface area contributed by atoms with Crippen molar-refractivity contribution in [1.82, 2.24) is 19.2 Å². The quantitative estimate of drug-likeness (QED) is 0.384. The number of aromatic nitrogens is 2. The third kappa shape index (κ3) is 3.23. The van der Waals surface area contributed by atoms with E-state index < -0.39 is 0 Å². The van der Waals surface area contributed by atoms with Crippen molar-refractivity contribution >= 4 is 39.1 Å². The van der Waals surface area contributed by atoms with E-state index in [9.17, 15) is 14.4 Å². The van der Waals surface area contributed by atoms with Gasteiger partial charge in [0.1, 0.15) is 0 Å². The molecular weight excluding hydrogens is 432 g/mol. The number of benzene rings is 2. The SMILES string of the molecule is O=C(c1ccco1)N1CCN(C(=O)c2cccn3c(=O)c4cc5ccccc5cc4nc23)CC1. The number of carbonyl (C=O) groups excluding carboxylic acids is 2. The van der Waals surface area contributed by atoms with Crippen molar-refractivity contribution in [2.24, 2.45) is 0 Å². The van der Waals surface area contributed by atoms with Gasteiger partial charge in [-0.05, 0) is 47.2 Å². The van der Waals surface area contributed by atoms with Crippen LogP contribution in [0.15, 0.2) is 82.3 Å². The molecule has 0 spiro atoms. The van der Waals surface area contributed by atoms with Crippen molar-refractivity contribution < 1.29 is 14.0 Å². The van der Waals surface area contributed by atoms with Gasteiger partial charge in [-0.15, -0.1) is 0 Å². The fourth-order valence-electron chi connectivity index (χ4n) is 4.52. The predicted molar refractivity (Wildman–Crippen MR) is 127 cm³/mol. The molecule has 0 bridgehead atoms. The van der Waals surface area contributed by atoms with Gasteiger partial charge in [-0.3, -0.25) is 18.8 Å². The highest BCUT2D eigenvalue weighted by atomic mass is 16.3. The summed E-state index contributed by atoms with van der Waals surface area (Å²) in [6.45, 7) is 1.57. The number of furan rings is 1. The summed E-state index contributed by atoms with van der Waals surface area (Å²) in [7, 11) is 0. The van der Waals surface area contributed by atoms with Gasteiger partial charge in [0.25, 0.3) is 17.4 Å². The molecule has 34 heavy (non-hydrogen) atoms. The summed E-state index contributed by atoms with van der Waals surface area (Å²) >= 11 is 0. The summed E-state index contributed by atoms with van der Waals surface area (Å²) in [6, 6.07) is 18.2. The number of pyridine rings is 1. The van der Waals surface area contributed by atoms with Crippen LogP contribution in [0.25, 0.3) is 27.3 Å². The summed E-state index contributed by atoms with van der Waals surface area (Å²) in [6.07, 6.45) is 3.10. The van der Waals surface area contributed by atoms with E-state index >= 15 is 0 Å². The largest absolute Gasteiger partial charge is 0.459 e. The minimum Gasteiger partial charge on any atom is -0.459 e. The summed E-state index contributed by atoms with van der Waals surface area (Å²) in [5.41, 5.74) is 1.03. The maximum absolute atomic E-state index is 13.4. The molecule has 0 saturated carbocycles. The van der Waals surface area contributed by atoms with Gasteiger partial charge in [0.15, 0.2) is 11.4 Å². The van der Waals surface area contributed by atoms with Crippen molar-refractivity contribution in [2.75, 3.05) is 26.2 Å². The standard InChI is InChI=1S/C26H20N4O4/c31-24(28-10-12-29(13-11-28)26(33)22-8-4-14-34-22)19-7-3-9-30-23(19)27-21-16-18-6-2-1-5-17(18)15-20(21)25(30)32/h1-9,14-16H,10-13H2. The van der Waals surface area contributed by atoms with Crippen LogP contribution in [-0.4, -0.2) is 57.2 Å². The maximum Gasteiger partial charge on any atom is 0.289 e. The molecule has 2 amide bonds.